The second kappa shape index (κ2) is 3.37. The van der Waals surface area contributed by atoms with Crippen LogP contribution in [0.15, 0.2) is 12.4 Å². The lowest BCUT2D eigenvalue weighted by Crippen LogP contribution is -1.97. The molecule has 0 aromatic carbocycles. The van der Waals surface area contributed by atoms with E-state index in [1.807, 2.05) is 19.4 Å². The Labute approximate surface area is 67.7 Å². The van der Waals surface area contributed by atoms with Crippen molar-refractivity contribution in [2.45, 2.75) is 20.3 Å². The number of anilines is 1. The van der Waals surface area contributed by atoms with Gasteiger partial charge in [0.1, 0.15) is 0 Å². The van der Waals surface area contributed by atoms with Crippen molar-refractivity contribution in [1.82, 2.24) is 4.98 Å². The zero-order chi connectivity index (χ0) is 8.27. The van der Waals surface area contributed by atoms with Crippen LogP contribution in [0.2, 0.25) is 0 Å². The third-order valence-corrected chi connectivity index (χ3v) is 1.84. The summed E-state index contributed by atoms with van der Waals surface area (Å²) in [6.07, 6.45) is 4.83. The van der Waals surface area contributed by atoms with Crippen molar-refractivity contribution in [2.75, 3.05) is 12.4 Å². The number of hydrogen-bond acceptors (Lipinski definition) is 2. The van der Waals surface area contributed by atoms with E-state index in [1.54, 1.807) is 0 Å². The second-order valence-electron chi connectivity index (χ2n) is 2.59. The van der Waals surface area contributed by atoms with Crippen LogP contribution in [0.4, 0.5) is 5.69 Å². The minimum absolute atomic E-state index is 1.03. The lowest BCUT2D eigenvalue weighted by molar-refractivity contribution is 1.09. The van der Waals surface area contributed by atoms with Gasteiger partial charge in [0.25, 0.3) is 0 Å². The Hall–Kier alpha value is -1.05. The molecule has 0 bridgehead atoms. The molecular weight excluding hydrogens is 136 g/mol. The molecule has 0 fully saturated rings. The van der Waals surface area contributed by atoms with Gasteiger partial charge in [-0.3, -0.25) is 4.98 Å². The highest BCUT2D eigenvalue weighted by Crippen LogP contribution is 2.18. The van der Waals surface area contributed by atoms with E-state index in [-0.39, 0.29) is 0 Å². The average Bonchev–Trinajstić information content (AvgIpc) is 2.04. The van der Waals surface area contributed by atoms with Crippen molar-refractivity contribution in [3.8, 4) is 0 Å². The minimum Gasteiger partial charge on any atom is -0.388 e. The Balaban J connectivity index is 3.13. The van der Waals surface area contributed by atoms with Crippen LogP contribution < -0.4 is 5.32 Å². The molecule has 2 heteroatoms. The van der Waals surface area contributed by atoms with Gasteiger partial charge in [0.2, 0.25) is 0 Å². The highest BCUT2D eigenvalue weighted by Gasteiger charge is 2.00. The summed E-state index contributed by atoms with van der Waals surface area (Å²) in [5, 5.41) is 3.17. The summed E-state index contributed by atoms with van der Waals surface area (Å²) in [5.41, 5.74) is 3.72. The zero-order valence-corrected chi connectivity index (χ0v) is 7.31. The number of nitrogens with zero attached hydrogens (tertiary/aromatic N) is 1. The fourth-order valence-corrected chi connectivity index (χ4v) is 1.25. The van der Waals surface area contributed by atoms with Gasteiger partial charge in [-0.15, -0.1) is 0 Å². The van der Waals surface area contributed by atoms with Gasteiger partial charge in [-0.25, -0.2) is 0 Å². The summed E-state index contributed by atoms with van der Waals surface area (Å²) < 4.78 is 0. The lowest BCUT2D eigenvalue weighted by atomic mass is 10.1. The van der Waals surface area contributed by atoms with Crippen LogP contribution in [0.25, 0.3) is 0 Å². The number of rotatable bonds is 2. The molecule has 1 N–H and O–H groups in total. The molecule has 0 aliphatic heterocycles. The molecule has 0 spiro atoms. The van der Waals surface area contributed by atoms with E-state index in [1.165, 1.54) is 16.8 Å². The molecular formula is C9H14N2. The van der Waals surface area contributed by atoms with Crippen LogP contribution in [0.5, 0.6) is 0 Å². The number of hydrogen-bond donors (Lipinski definition) is 1. The molecule has 0 unspecified atom stereocenters. The first-order valence-electron chi connectivity index (χ1n) is 3.90. The fraction of sp³-hybridized carbons (Fsp3) is 0.444. The van der Waals surface area contributed by atoms with E-state index in [0.29, 0.717) is 0 Å². The Morgan fingerprint density at radius 3 is 2.64 bits per heavy atom. The van der Waals surface area contributed by atoms with Crippen LogP contribution >= 0.6 is 0 Å². The molecule has 0 saturated carbocycles. The van der Waals surface area contributed by atoms with Crippen LogP contribution in [0.1, 0.15) is 18.1 Å². The normalized spacial score (nSPS) is 9.73. The largest absolute Gasteiger partial charge is 0.388 e. The third kappa shape index (κ3) is 1.50. The fourth-order valence-electron chi connectivity index (χ4n) is 1.25. The molecule has 1 rings (SSSR count). The van der Waals surface area contributed by atoms with Gasteiger partial charge in [-0.1, -0.05) is 6.92 Å². The Morgan fingerprint density at radius 1 is 1.45 bits per heavy atom. The molecule has 2 nitrogen and oxygen atoms in total. The van der Waals surface area contributed by atoms with E-state index >= 15 is 0 Å². The zero-order valence-electron chi connectivity index (χ0n) is 7.31. The highest BCUT2D eigenvalue weighted by atomic mass is 14.8. The van der Waals surface area contributed by atoms with Crippen molar-refractivity contribution in [3.05, 3.63) is 23.5 Å². The molecule has 1 aromatic heterocycles. The van der Waals surface area contributed by atoms with Gasteiger partial charge in [0, 0.05) is 25.1 Å². The number of pyridine rings is 1. The van der Waals surface area contributed by atoms with E-state index in [4.69, 9.17) is 0 Å². The maximum atomic E-state index is 4.12. The number of aryl methyl sites for hydroxylation is 2. The number of aromatic nitrogens is 1. The van der Waals surface area contributed by atoms with E-state index in [9.17, 15) is 0 Å². The first kappa shape index (κ1) is 8.05. The molecule has 0 saturated heterocycles. The molecule has 0 aliphatic rings. The lowest BCUT2D eigenvalue weighted by Gasteiger charge is -2.08. The predicted octanol–water partition coefficient (Wildman–Crippen LogP) is 1.99. The minimum atomic E-state index is 1.03. The van der Waals surface area contributed by atoms with Gasteiger partial charge in [-0.05, 0) is 24.5 Å². The number of nitrogens with one attached hydrogen (secondary N) is 1. The maximum absolute atomic E-state index is 4.12. The first-order valence-corrected chi connectivity index (χ1v) is 3.90. The molecule has 1 heterocycles. The molecule has 60 valence electrons. The summed E-state index contributed by atoms with van der Waals surface area (Å²) in [5.74, 6) is 0. The quantitative estimate of drug-likeness (QED) is 0.697. The summed E-state index contributed by atoms with van der Waals surface area (Å²) in [6.45, 7) is 4.20. The first-order chi connectivity index (χ1) is 5.29. The Morgan fingerprint density at radius 2 is 2.18 bits per heavy atom. The Bertz CT molecular complexity index is 243. The van der Waals surface area contributed by atoms with Gasteiger partial charge in [0.05, 0.1) is 0 Å². The highest BCUT2D eigenvalue weighted by molar-refractivity contribution is 5.54. The van der Waals surface area contributed by atoms with E-state index in [0.717, 1.165) is 6.42 Å². The van der Waals surface area contributed by atoms with Crippen molar-refractivity contribution in [1.29, 1.82) is 0 Å². The molecule has 0 aliphatic carbocycles. The predicted molar refractivity (Wildman–Crippen MR) is 47.9 cm³/mol. The smallest absolute Gasteiger partial charge is 0.0430 e. The topological polar surface area (TPSA) is 24.9 Å². The molecule has 1 aromatic rings. The van der Waals surface area contributed by atoms with E-state index in [2.05, 4.69) is 24.1 Å². The third-order valence-electron chi connectivity index (χ3n) is 1.84. The second-order valence-corrected chi connectivity index (χ2v) is 2.59. The summed E-state index contributed by atoms with van der Waals surface area (Å²) >= 11 is 0. The van der Waals surface area contributed by atoms with E-state index < -0.39 is 0 Å². The molecule has 0 amide bonds. The standard InChI is InChI=1S/C9H14N2/c1-4-8-6-11-5-7(2)9(8)10-3/h5-6H,4H2,1-3H3,(H,10,11). The summed E-state index contributed by atoms with van der Waals surface area (Å²) in [6, 6.07) is 0. The van der Waals surface area contributed by atoms with Gasteiger partial charge >= 0.3 is 0 Å². The molecule has 11 heavy (non-hydrogen) atoms. The molecule has 0 radical (unpaired) electrons. The average molecular weight is 150 g/mol. The van der Waals surface area contributed by atoms with Crippen LogP contribution in [-0.2, 0) is 6.42 Å². The summed E-state index contributed by atoms with van der Waals surface area (Å²) in [7, 11) is 1.95. The summed E-state index contributed by atoms with van der Waals surface area (Å²) in [4.78, 5) is 4.12. The SMILES string of the molecule is CCc1cncc(C)c1NC. The Kier molecular flexibility index (Phi) is 2.47. The van der Waals surface area contributed by atoms with Crippen LogP contribution in [0.3, 0.4) is 0 Å². The van der Waals surface area contributed by atoms with Crippen LogP contribution in [0, 0.1) is 6.92 Å². The van der Waals surface area contributed by atoms with Gasteiger partial charge < -0.3 is 5.32 Å². The van der Waals surface area contributed by atoms with Crippen molar-refractivity contribution in [3.63, 3.8) is 0 Å². The monoisotopic (exact) mass is 150 g/mol. The van der Waals surface area contributed by atoms with Crippen molar-refractivity contribution < 1.29 is 0 Å². The molecule has 0 atom stereocenters. The van der Waals surface area contributed by atoms with Gasteiger partial charge in [-0.2, -0.15) is 0 Å². The maximum Gasteiger partial charge on any atom is 0.0430 e. The van der Waals surface area contributed by atoms with Crippen molar-refractivity contribution in [2.24, 2.45) is 0 Å². The van der Waals surface area contributed by atoms with Crippen LogP contribution in [-0.4, -0.2) is 12.0 Å². The van der Waals surface area contributed by atoms with Gasteiger partial charge in [0.15, 0.2) is 0 Å². The van der Waals surface area contributed by atoms with Crippen molar-refractivity contribution >= 4 is 5.69 Å².